The molecule has 1 aliphatic heterocycles. The molecule has 1 fully saturated rings. The van der Waals surface area contributed by atoms with Crippen molar-refractivity contribution in [2.24, 2.45) is 0 Å². The van der Waals surface area contributed by atoms with Crippen LogP contribution in [0.5, 0.6) is 5.75 Å². The summed E-state index contributed by atoms with van der Waals surface area (Å²) in [5, 5.41) is 2.51. The summed E-state index contributed by atoms with van der Waals surface area (Å²) in [5.74, 6) is -0.157. The highest BCUT2D eigenvalue weighted by Gasteiger charge is 2.26. The van der Waals surface area contributed by atoms with Gasteiger partial charge in [0.2, 0.25) is 5.91 Å². The number of aromatic nitrogens is 1. The maximum absolute atomic E-state index is 12.7. The Hall–Kier alpha value is -4.05. The van der Waals surface area contributed by atoms with E-state index in [2.05, 4.69) is 15.8 Å². The van der Waals surface area contributed by atoms with Crippen LogP contribution in [0.4, 0.5) is 0 Å². The topological polar surface area (TPSA) is 118 Å². The second-order valence-corrected chi connectivity index (χ2v) is 10.2. The first kappa shape index (κ1) is 28.0. The first-order valence-electron chi connectivity index (χ1n) is 13.0. The highest BCUT2D eigenvalue weighted by atomic mass is 32.1. The van der Waals surface area contributed by atoms with Gasteiger partial charge in [0.25, 0.3) is 11.8 Å². The maximum Gasteiger partial charge on any atom is 0.289 e. The van der Waals surface area contributed by atoms with Crippen molar-refractivity contribution in [1.82, 2.24) is 20.7 Å². The van der Waals surface area contributed by atoms with Crippen molar-refractivity contribution in [3.63, 3.8) is 0 Å². The Labute approximate surface area is 231 Å². The highest BCUT2D eigenvalue weighted by Crippen LogP contribution is 2.30. The van der Waals surface area contributed by atoms with E-state index in [-0.39, 0.29) is 36.1 Å². The van der Waals surface area contributed by atoms with Crippen LogP contribution in [0.3, 0.4) is 0 Å². The van der Waals surface area contributed by atoms with Crippen molar-refractivity contribution in [2.45, 2.75) is 44.9 Å². The SMILES string of the molecule is CCc1ccc(C(=O)NNC(=O)c2csc(C3CCN(C(=O)CCC(=O)c4ccc(OC)cc4)CC3)n2)cc1. The molecule has 9 nitrogen and oxygen atoms in total. The molecular weight excluding hydrogens is 516 g/mol. The average Bonchev–Trinajstić information content (AvgIpc) is 3.49. The van der Waals surface area contributed by atoms with Crippen molar-refractivity contribution in [2.75, 3.05) is 20.2 Å². The van der Waals surface area contributed by atoms with Gasteiger partial charge in [-0.05, 0) is 61.2 Å². The summed E-state index contributed by atoms with van der Waals surface area (Å²) >= 11 is 1.40. The first-order valence-corrected chi connectivity index (χ1v) is 13.9. The molecule has 0 bridgehead atoms. The summed E-state index contributed by atoms with van der Waals surface area (Å²) in [6, 6.07) is 14.1. The molecule has 0 unspecified atom stereocenters. The van der Waals surface area contributed by atoms with Crippen LogP contribution in [-0.4, -0.2) is 53.6 Å². The smallest absolute Gasteiger partial charge is 0.289 e. The number of nitrogens with zero attached hydrogens (tertiary/aromatic N) is 2. The van der Waals surface area contributed by atoms with Crippen LogP contribution in [-0.2, 0) is 11.2 Å². The van der Waals surface area contributed by atoms with Crippen LogP contribution in [0.1, 0.15) is 80.3 Å². The van der Waals surface area contributed by atoms with Crippen LogP contribution < -0.4 is 15.6 Å². The molecule has 0 atom stereocenters. The number of ketones is 1. The number of carbonyl (C=O) groups is 4. The third kappa shape index (κ3) is 7.29. The molecule has 1 aliphatic rings. The van der Waals surface area contributed by atoms with E-state index in [0.717, 1.165) is 29.8 Å². The van der Waals surface area contributed by atoms with Gasteiger partial charge in [0, 0.05) is 48.4 Å². The lowest BCUT2D eigenvalue weighted by atomic mass is 9.97. The second kappa shape index (κ2) is 13.1. The van der Waals surface area contributed by atoms with Gasteiger partial charge in [0.1, 0.15) is 11.4 Å². The first-order chi connectivity index (χ1) is 18.9. The molecule has 2 N–H and O–H groups in total. The Kier molecular flexibility index (Phi) is 9.43. The quantitative estimate of drug-likeness (QED) is 0.306. The predicted octanol–water partition coefficient (Wildman–Crippen LogP) is 4.16. The highest BCUT2D eigenvalue weighted by molar-refractivity contribution is 7.09. The monoisotopic (exact) mass is 548 g/mol. The van der Waals surface area contributed by atoms with Crippen LogP contribution in [0, 0.1) is 0 Å². The normalized spacial score (nSPS) is 13.5. The van der Waals surface area contributed by atoms with E-state index in [1.165, 1.54) is 11.3 Å². The Morgan fingerprint density at radius 1 is 0.923 bits per heavy atom. The molecule has 2 aromatic carbocycles. The molecule has 3 amide bonds. The fraction of sp³-hybridized carbons (Fsp3) is 0.345. The minimum Gasteiger partial charge on any atom is -0.497 e. The molecule has 39 heavy (non-hydrogen) atoms. The van der Waals surface area contributed by atoms with Crippen LogP contribution in [0.15, 0.2) is 53.9 Å². The number of likely N-dealkylation sites (tertiary alicyclic amines) is 1. The van der Waals surface area contributed by atoms with E-state index in [4.69, 9.17) is 4.74 Å². The number of hydrogen-bond acceptors (Lipinski definition) is 7. The van der Waals surface area contributed by atoms with Crippen LogP contribution in [0.25, 0.3) is 0 Å². The van der Waals surface area contributed by atoms with Crippen molar-refractivity contribution in [3.8, 4) is 5.75 Å². The largest absolute Gasteiger partial charge is 0.497 e. The number of benzene rings is 2. The average molecular weight is 549 g/mol. The molecule has 0 radical (unpaired) electrons. The molecule has 204 valence electrons. The van der Waals surface area contributed by atoms with E-state index in [1.54, 1.807) is 53.8 Å². The number of nitrogens with one attached hydrogen (secondary N) is 2. The van der Waals surface area contributed by atoms with E-state index in [0.29, 0.717) is 30.0 Å². The number of thiazole rings is 1. The van der Waals surface area contributed by atoms with Crippen LogP contribution >= 0.6 is 11.3 Å². The number of methoxy groups -OCH3 is 1. The van der Waals surface area contributed by atoms with Gasteiger partial charge in [-0.2, -0.15) is 0 Å². The lowest BCUT2D eigenvalue weighted by Crippen LogP contribution is -2.41. The van der Waals surface area contributed by atoms with Gasteiger partial charge in [0.05, 0.1) is 12.1 Å². The zero-order chi connectivity index (χ0) is 27.8. The van der Waals surface area contributed by atoms with Crippen molar-refractivity contribution in [1.29, 1.82) is 0 Å². The molecular formula is C29H32N4O5S. The molecule has 1 aromatic heterocycles. The molecule has 2 heterocycles. The summed E-state index contributed by atoms with van der Waals surface area (Å²) in [6.45, 7) is 3.19. The summed E-state index contributed by atoms with van der Waals surface area (Å²) in [4.78, 5) is 56.2. The van der Waals surface area contributed by atoms with Gasteiger partial charge in [-0.1, -0.05) is 19.1 Å². The Balaban J connectivity index is 1.21. The van der Waals surface area contributed by atoms with Crippen LogP contribution in [0.2, 0.25) is 0 Å². The van der Waals surface area contributed by atoms with Gasteiger partial charge in [-0.15, -0.1) is 11.3 Å². The lowest BCUT2D eigenvalue weighted by molar-refractivity contribution is -0.132. The molecule has 0 aliphatic carbocycles. The summed E-state index contributed by atoms with van der Waals surface area (Å²) in [5.41, 5.74) is 7.24. The molecule has 1 saturated heterocycles. The second-order valence-electron chi connectivity index (χ2n) is 9.34. The molecule has 3 aromatic rings. The number of amides is 3. The summed E-state index contributed by atoms with van der Waals surface area (Å²) < 4.78 is 5.11. The lowest BCUT2D eigenvalue weighted by Gasteiger charge is -2.31. The fourth-order valence-corrected chi connectivity index (χ4v) is 5.37. The van der Waals surface area contributed by atoms with Gasteiger partial charge < -0.3 is 9.64 Å². The van der Waals surface area contributed by atoms with Crippen molar-refractivity contribution in [3.05, 3.63) is 81.3 Å². The molecule has 4 rings (SSSR count). The van der Waals surface area contributed by atoms with Gasteiger partial charge in [-0.3, -0.25) is 30.0 Å². The number of hydrogen-bond donors (Lipinski definition) is 2. The standard InChI is InChI=1S/C29H32N4O5S/c1-3-19-4-6-21(7-5-19)27(36)31-32-28(37)24-18-39-29(30-24)22-14-16-33(17-15-22)26(35)13-12-25(34)20-8-10-23(38-2)11-9-20/h4-11,18,22H,3,12-17H2,1-2H3,(H,31,36)(H,32,37). The predicted molar refractivity (Wildman–Crippen MR) is 148 cm³/mol. The van der Waals surface area contributed by atoms with Gasteiger partial charge >= 0.3 is 0 Å². The Bertz CT molecular complexity index is 1310. The van der Waals surface area contributed by atoms with E-state index in [9.17, 15) is 19.2 Å². The Morgan fingerprint density at radius 2 is 1.56 bits per heavy atom. The Morgan fingerprint density at radius 3 is 2.21 bits per heavy atom. The summed E-state index contributed by atoms with van der Waals surface area (Å²) in [6.07, 6.45) is 2.68. The van der Waals surface area contributed by atoms with Crippen molar-refractivity contribution >= 4 is 34.8 Å². The minimum absolute atomic E-state index is 0.0328. The molecule has 0 saturated carbocycles. The van der Waals surface area contributed by atoms with Gasteiger partial charge in [0.15, 0.2) is 5.78 Å². The van der Waals surface area contributed by atoms with Crippen molar-refractivity contribution < 1.29 is 23.9 Å². The number of carbonyl (C=O) groups excluding carboxylic acids is 4. The maximum atomic E-state index is 12.7. The van der Waals surface area contributed by atoms with E-state index in [1.807, 2.05) is 19.1 Å². The number of Topliss-reactive ketones (excluding diaryl/α,β-unsaturated/α-hetero) is 1. The number of piperidine rings is 1. The number of hydrazine groups is 1. The zero-order valence-corrected chi connectivity index (χ0v) is 22.9. The van der Waals surface area contributed by atoms with Gasteiger partial charge in [-0.25, -0.2) is 4.98 Å². The minimum atomic E-state index is -0.481. The van der Waals surface area contributed by atoms with E-state index >= 15 is 0 Å². The summed E-state index contributed by atoms with van der Waals surface area (Å²) in [7, 11) is 1.57. The third-order valence-corrected chi connectivity index (χ3v) is 7.85. The number of ether oxygens (including phenoxy) is 1. The number of rotatable bonds is 9. The van der Waals surface area contributed by atoms with E-state index < -0.39 is 11.8 Å². The zero-order valence-electron chi connectivity index (χ0n) is 22.1. The fourth-order valence-electron chi connectivity index (χ4n) is 4.40. The molecule has 10 heteroatoms. The number of aryl methyl sites for hydroxylation is 1. The molecule has 0 spiro atoms. The third-order valence-electron chi connectivity index (χ3n) is 6.84.